The predicted octanol–water partition coefficient (Wildman–Crippen LogP) is 2.24. The van der Waals surface area contributed by atoms with Crippen LogP contribution in [-0.2, 0) is 0 Å². The van der Waals surface area contributed by atoms with Crippen LogP contribution in [0, 0.1) is 0 Å². The Labute approximate surface area is 73.7 Å². The summed E-state index contributed by atoms with van der Waals surface area (Å²) in [6, 6.07) is 3.66. The number of aldehydes is 1. The highest BCUT2D eigenvalue weighted by atomic mass is 31.1. The van der Waals surface area contributed by atoms with E-state index in [2.05, 4.69) is 13.8 Å². The molecule has 0 aliphatic heterocycles. The topological polar surface area (TPSA) is 30.2 Å². The van der Waals surface area contributed by atoms with Crippen molar-refractivity contribution < 1.29 is 9.21 Å². The van der Waals surface area contributed by atoms with Crippen LogP contribution in [0.2, 0.25) is 0 Å². The first kappa shape index (κ1) is 9.47. The molecule has 2 nitrogen and oxygen atoms in total. The van der Waals surface area contributed by atoms with Crippen molar-refractivity contribution in [2.75, 3.05) is 12.3 Å². The Hall–Kier alpha value is -0.620. The molecule has 0 fully saturated rings. The Morgan fingerprint density at radius 2 is 2.08 bits per heavy atom. The van der Waals surface area contributed by atoms with Crippen LogP contribution < -0.4 is 5.50 Å². The molecule has 1 heterocycles. The molecular weight excluding hydrogens is 171 g/mol. The fraction of sp³-hybridized carbons (Fsp3) is 0.444. The van der Waals surface area contributed by atoms with Gasteiger partial charge in [0.1, 0.15) is 5.50 Å². The summed E-state index contributed by atoms with van der Waals surface area (Å²) < 4.78 is 5.34. The first-order chi connectivity index (χ1) is 5.81. The number of carbonyl (C=O) groups excluding carboxylic acids is 1. The minimum atomic E-state index is -0.162. The number of carbonyl (C=O) groups is 1. The van der Waals surface area contributed by atoms with E-state index in [-0.39, 0.29) is 7.92 Å². The van der Waals surface area contributed by atoms with Crippen molar-refractivity contribution in [2.24, 2.45) is 0 Å². The maximum atomic E-state index is 10.3. The van der Waals surface area contributed by atoms with Crippen LogP contribution in [-0.4, -0.2) is 18.6 Å². The third-order valence-corrected chi connectivity index (χ3v) is 4.19. The molecule has 12 heavy (non-hydrogen) atoms. The second-order valence-electron chi connectivity index (χ2n) is 2.47. The average molecular weight is 184 g/mol. The van der Waals surface area contributed by atoms with Crippen LogP contribution in [0.1, 0.15) is 24.4 Å². The lowest BCUT2D eigenvalue weighted by Crippen LogP contribution is -1.99. The molecule has 3 heteroatoms. The summed E-state index contributed by atoms with van der Waals surface area (Å²) in [7, 11) is -0.162. The molecule has 0 atom stereocenters. The van der Waals surface area contributed by atoms with Crippen LogP contribution in [0.3, 0.4) is 0 Å². The molecule has 0 bridgehead atoms. The Balaban J connectivity index is 2.79. The van der Waals surface area contributed by atoms with Crippen LogP contribution in [0.4, 0.5) is 0 Å². The van der Waals surface area contributed by atoms with Gasteiger partial charge in [0.2, 0.25) is 0 Å². The highest BCUT2D eigenvalue weighted by Gasteiger charge is 2.10. The zero-order chi connectivity index (χ0) is 8.97. The van der Waals surface area contributed by atoms with Gasteiger partial charge in [0, 0.05) is 0 Å². The van der Waals surface area contributed by atoms with E-state index in [1.807, 2.05) is 6.07 Å². The molecule has 1 aromatic heterocycles. The lowest BCUT2D eigenvalue weighted by atomic mass is 10.5. The molecule has 0 saturated carbocycles. The summed E-state index contributed by atoms with van der Waals surface area (Å²) in [5.41, 5.74) is 0.997. The second-order valence-corrected chi connectivity index (χ2v) is 5.25. The fourth-order valence-corrected chi connectivity index (χ4v) is 2.70. The maximum Gasteiger partial charge on any atom is 0.185 e. The van der Waals surface area contributed by atoms with Gasteiger partial charge in [-0.05, 0) is 32.4 Å². The fourth-order valence-electron chi connectivity index (χ4n) is 1.11. The smallest absolute Gasteiger partial charge is 0.185 e. The van der Waals surface area contributed by atoms with E-state index in [0.29, 0.717) is 5.76 Å². The van der Waals surface area contributed by atoms with Gasteiger partial charge in [-0.1, -0.05) is 13.8 Å². The number of hydrogen-bond acceptors (Lipinski definition) is 2. The standard InChI is InChI=1S/C9H13O2P/c1-3-12(4-2)9-6-5-8(7-10)11-9/h5-7H,3-4H2,1-2H3. The highest BCUT2D eigenvalue weighted by molar-refractivity contribution is 7.65. The van der Waals surface area contributed by atoms with E-state index >= 15 is 0 Å². The summed E-state index contributed by atoms with van der Waals surface area (Å²) in [4.78, 5) is 10.3. The van der Waals surface area contributed by atoms with Gasteiger partial charge < -0.3 is 4.42 Å². The summed E-state index contributed by atoms with van der Waals surface area (Å²) in [5.74, 6) is 0.444. The Bertz CT molecular complexity index is 251. The van der Waals surface area contributed by atoms with Gasteiger partial charge in [0.05, 0.1) is 0 Å². The van der Waals surface area contributed by atoms with E-state index < -0.39 is 0 Å². The number of hydrogen-bond donors (Lipinski definition) is 0. The lowest BCUT2D eigenvalue weighted by Gasteiger charge is -2.07. The molecule has 0 radical (unpaired) electrons. The van der Waals surface area contributed by atoms with Gasteiger partial charge >= 0.3 is 0 Å². The summed E-state index contributed by atoms with van der Waals surface area (Å²) in [6.45, 7) is 4.30. The van der Waals surface area contributed by atoms with E-state index in [1.54, 1.807) is 6.07 Å². The van der Waals surface area contributed by atoms with Crippen LogP contribution in [0.15, 0.2) is 16.5 Å². The van der Waals surface area contributed by atoms with Crippen LogP contribution in [0.25, 0.3) is 0 Å². The van der Waals surface area contributed by atoms with E-state index in [1.165, 1.54) is 0 Å². The first-order valence-corrected chi connectivity index (χ1v) is 5.83. The zero-order valence-electron chi connectivity index (χ0n) is 7.41. The molecule has 1 rings (SSSR count). The van der Waals surface area contributed by atoms with Crippen molar-refractivity contribution in [2.45, 2.75) is 13.8 Å². The summed E-state index contributed by atoms with van der Waals surface area (Å²) in [6.07, 6.45) is 3.00. The molecule has 1 aromatic rings. The summed E-state index contributed by atoms with van der Waals surface area (Å²) >= 11 is 0. The Morgan fingerprint density at radius 3 is 2.50 bits per heavy atom. The van der Waals surface area contributed by atoms with Crippen molar-refractivity contribution in [3.05, 3.63) is 17.9 Å². The van der Waals surface area contributed by atoms with Gasteiger partial charge in [0.15, 0.2) is 12.0 Å². The average Bonchev–Trinajstić information content (AvgIpc) is 2.55. The maximum absolute atomic E-state index is 10.3. The monoisotopic (exact) mass is 184 g/mol. The van der Waals surface area contributed by atoms with Gasteiger partial charge in [-0.2, -0.15) is 0 Å². The Kier molecular flexibility index (Phi) is 3.48. The molecule has 0 saturated heterocycles. The molecule has 0 aromatic carbocycles. The molecule has 0 N–H and O–H groups in total. The van der Waals surface area contributed by atoms with Crippen molar-refractivity contribution >= 4 is 19.7 Å². The van der Waals surface area contributed by atoms with Gasteiger partial charge in [-0.25, -0.2) is 0 Å². The lowest BCUT2D eigenvalue weighted by molar-refractivity contribution is 0.110. The third-order valence-electron chi connectivity index (χ3n) is 1.80. The van der Waals surface area contributed by atoms with E-state index in [0.717, 1.165) is 24.1 Å². The third kappa shape index (κ3) is 1.95. The minimum Gasteiger partial charge on any atom is -0.454 e. The quantitative estimate of drug-likeness (QED) is 0.530. The molecule has 0 aliphatic rings. The van der Waals surface area contributed by atoms with E-state index in [4.69, 9.17) is 4.42 Å². The molecular formula is C9H13O2P. The molecule has 0 unspecified atom stereocenters. The minimum absolute atomic E-state index is 0.162. The largest absolute Gasteiger partial charge is 0.454 e. The molecule has 66 valence electrons. The SMILES string of the molecule is CCP(CC)c1ccc(C=O)o1. The number of rotatable bonds is 4. The van der Waals surface area contributed by atoms with Crippen LogP contribution >= 0.6 is 7.92 Å². The van der Waals surface area contributed by atoms with Crippen molar-refractivity contribution in [3.8, 4) is 0 Å². The van der Waals surface area contributed by atoms with Crippen molar-refractivity contribution in [1.29, 1.82) is 0 Å². The van der Waals surface area contributed by atoms with Gasteiger partial charge in [-0.15, -0.1) is 0 Å². The second kappa shape index (κ2) is 4.42. The first-order valence-electron chi connectivity index (χ1n) is 4.11. The van der Waals surface area contributed by atoms with Gasteiger partial charge in [0.25, 0.3) is 0 Å². The predicted molar refractivity (Wildman–Crippen MR) is 51.7 cm³/mol. The van der Waals surface area contributed by atoms with Crippen molar-refractivity contribution in [1.82, 2.24) is 0 Å². The Morgan fingerprint density at radius 1 is 1.42 bits per heavy atom. The normalized spacial score (nSPS) is 10.6. The molecule has 0 aliphatic carbocycles. The van der Waals surface area contributed by atoms with Crippen molar-refractivity contribution in [3.63, 3.8) is 0 Å². The van der Waals surface area contributed by atoms with Gasteiger partial charge in [-0.3, -0.25) is 4.79 Å². The summed E-state index contributed by atoms with van der Waals surface area (Å²) in [5, 5.41) is 0. The highest BCUT2D eigenvalue weighted by Crippen LogP contribution is 2.33. The molecule has 0 amide bonds. The molecule has 0 spiro atoms. The van der Waals surface area contributed by atoms with E-state index in [9.17, 15) is 4.79 Å². The zero-order valence-corrected chi connectivity index (χ0v) is 8.30. The number of furan rings is 1. The van der Waals surface area contributed by atoms with Crippen LogP contribution in [0.5, 0.6) is 0 Å².